The highest BCUT2D eigenvalue weighted by Gasteiger charge is 2.13. The van der Waals surface area contributed by atoms with Crippen LogP contribution in [0.15, 0.2) is 18.2 Å². The maximum Gasteiger partial charge on any atom is 0.275 e. The monoisotopic (exact) mass is 281 g/mol. The van der Waals surface area contributed by atoms with Gasteiger partial charge in [-0.3, -0.25) is 10.1 Å². The van der Waals surface area contributed by atoms with E-state index in [0.717, 1.165) is 31.6 Å². The van der Waals surface area contributed by atoms with Crippen molar-refractivity contribution in [1.82, 2.24) is 5.32 Å². The third kappa shape index (κ3) is 5.05. The summed E-state index contributed by atoms with van der Waals surface area (Å²) in [6, 6.07) is 4.90. The van der Waals surface area contributed by atoms with Gasteiger partial charge in [0, 0.05) is 31.4 Å². The molecule has 0 spiro atoms. The first-order valence-electron chi connectivity index (χ1n) is 6.86. The normalized spacial score (nSPS) is 10.3. The molecule has 0 radical (unpaired) electrons. The lowest BCUT2D eigenvalue weighted by molar-refractivity contribution is -0.384. The molecule has 0 aromatic heterocycles. The van der Waals surface area contributed by atoms with Crippen LogP contribution < -0.4 is 15.0 Å². The predicted octanol–water partition coefficient (Wildman–Crippen LogP) is 2.43. The van der Waals surface area contributed by atoms with Crippen molar-refractivity contribution in [2.75, 3.05) is 38.7 Å². The minimum absolute atomic E-state index is 0.0640. The van der Waals surface area contributed by atoms with E-state index < -0.39 is 0 Å². The summed E-state index contributed by atoms with van der Waals surface area (Å²) in [6.45, 7) is 4.31. The highest BCUT2D eigenvalue weighted by atomic mass is 16.6. The van der Waals surface area contributed by atoms with Crippen molar-refractivity contribution in [3.63, 3.8) is 0 Å². The Bertz CT molecular complexity index is 438. The van der Waals surface area contributed by atoms with Crippen molar-refractivity contribution in [3.8, 4) is 5.75 Å². The van der Waals surface area contributed by atoms with Gasteiger partial charge < -0.3 is 15.0 Å². The zero-order valence-electron chi connectivity index (χ0n) is 12.4. The largest absolute Gasteiger partial charge is 0.493 e. The van der Waals surface area contributed by atoms with Crippen molar-refractivity contribution in [1.29, 1.82) is 0 Å². The summed E-state index contributed by atoms with van der Waals surface area (Å²) in [5.74, 6) is 0.552. The molecule has 1 aromatic rings. The zero-order valence-corrected chi connectivity index (χ0v) is 12.4. The zero-order chi connectivity index (χ0) is 15.0. The van der Waals surface area contributed by atoms with Gasteiger partial charge in [0.15, 0.2) is 0 Å². The number of rotatable bonds is 9. The Kier molecular flexibility index (Phi) is 6.79. The van der Waals surface area contributed by atoms with Crippen LogP contribution in [0.5, 0.6) is 5.75 Å². The van der Waals surface area contributed by atoms with Gasteiger partial charge in [0.2, 0.25) is 0 Å². The van der Waals surface area contributed by atoms with Crippen LogP contribution >= 0.6 is 0 Å². The summed E-state index contributed by atoms with van der Waals surface area (Å²) in [5, 5.41) is 14.1. The number of non-ortho nitro benzene ring substituents is 1. The molecule has 0 aliphatic rings. The molecule has 0 heterocycles. The molecule has 0 saturated heterocycles. The second kappa shape index (κ2) is 8.37. The quantitative estimate of drug-likeness (QED) is 0.428. The second-order valence-electron chi connectivity index (χ2n) is 4.67. The van der Waals surface area contributed by atoms with Crippen LogP contribution in [-0.4, -0.2) is 38.7 Å². The standard InChI is InChI=1S/C14H23N3O3/c1-4-8-20-14-10-12(9-13(11-14)17(18)19)16(3)7-5-6-15-2/h9-11,15H,4-8H2,1-3H3. The fourth-order valence-corrected chi connectivity index (χ4v) is 1.82. The predicted molar refractivity (Wildman–Crippen MR) is 80.7 cm³/mol. The van der Waals surface area contributed by atoms with E-state index in [4.69, 9.17) is 4.74 Å². The molecule has 1 N–H and O–H groups in total. The van der Waals surface area contributed by atoms with Crippen LogP contribution in [-0.2, 0) is 0 Å². The number of hydrogen-bond acceptors (Lipinski definition) is 5. The number of nitro groups is 1. The molecule has 0 unspecified atom stereocenters. The summed E-state index contributed by atoms with van der Waals surface area (Å²) in [6.07, 6.45) is 1.84. The Labute approximate surface area is 119 Å². The first-order chi connectivity index (χ1) is 9.58. The minimum atomic E-state index is -0.385. The lowest BCUT2D eigenvalue weighted by Gasteiger charge is -2.20. The molecule has 20 heavy (non-hydrogen) atoms. The van der Waals surface area contributed by atoms with Crippen LogP contribution in [0, 0.1) is 10.1 Å². The lowest BCUT2D eigenvalue weighted by atomic mass is 10.2. The number of ether oxygens (including phenoxy) is 1. The average molecular weight is 281 g/mol. The molecule has 1 rings (SSSR count). The van der Waals surface area contributed by atoms with Gasteiger partial charge in [0.25, 0.3) is 5.69 Å². The summed E-state index contributed by atoms with van der Waals surface area (Å²) in [5.41, 5.74) is 0.871. The maximum atomic E-state index is 11.0. The third-order valence-corrected chi connectivity index (χ3v) is 2.92. The number of nitrogens with zero attached hydrogens (tertiary/aromatic N) is 2. The van der Waals surface area contributed by atoms with Gasteiger partial charge in [-0.05, 0) is 26.4 Å². The molecular weight excluding hydrogens is 258 g/mol. The van der Waals surface area contributed by atoms with Crippen LogP contribution in [0.25, 0.3) is 0 Å². The van der Waals surface area contributed by atoms with Crippen molar-refractivity contribution in [2.24, 2.45) is 0 Å². The smallest absolute Gasteiger partial charge is 0.275 e. The molecule has 0 amide bonds. The second-order valence-corrected chi connectivity index (χ2v) is 4.67. The van der Waals surface area contributed by atoms with Gasteiger partial charge in [-0.1, -0.05) is 6.92 Å². The van der Waals surface area contributed by atoms with Crippen LogP contribution in [0.1, 0.15) is 19.8 Å². The van der Waals surface area contributed by atoms with Gasteiger partial charge in [-0.25, -0.2) is 0 Å². The van der Waals surface area contributed by atoms with E-state index in [9.17, 15) is 10.1 Å². The number of nitrogens with one attached hydrogen (secondary N) is 1. The van der Waals surface area contributed by atoms with E-state index in [-0.39, 0.29) is 10.6 Å². The Morgan fingerprint density at radius 1 is 1.40 bits per heavy atom. The maximum absolute atomic E-state index is 11.0. The lowest BCUT2D eigenvalue weighted by Crippen LogP contribution is -2.22. The molecule has 0 saturated carbocycles. The Morgan fingerprint density at radius 3 is 2.75 bits per heavy atom. The van der Waals surface area contributed by atoms with Gasteiger partial charge in [-0.2, -0.15) is 0 Å². The highest BCUT2D eigenvalue weighted by Crippen LogP contribution is 2.28. The van der Waals surface area contributed by atoms with Crippen LogP contribution in [0.2, 0.25) is 0 Å². The Morgan fingerprint density at radius 2 is 2.15 bits per heavy atom. The average Bonchev–Trinajstić information content (AvgIpc) is 2.44. The number of benzene rings is 1. The SMILES string of the molecule is CCCOc1cc(N(C)CCCNC)cc([N+](=O)[O-])c1. The summed E-state index contributed by atoms with van der Waals surface area (Å²) < 4.78 is 5.52. The van der Waals surface area contributed by atoms with Crippen molar-refractivity contribution < 1.29 is 9.66 Å². The Hall–Kier alpha value is -1.82. The van der Waals surface area contributed by atoms with Crippen molar-refractivity contribution in [3.05, 3.63) is 28.3 Å². The molecule has 0 bridgehead atoms. The van der Waals surface area contributed by atoms with E-state index in [0.29, 0.717) is 12.4 Å². The van der Waals surface area contributed by atoms with E-state index in [2.05, 4.69) is 5.32 Å². The molecule has 6 heteroatoms. The summed E-state index contributed by atoms with van der Waals surface area (Å²) >= 11 is 0. The van der Waals surface area contributed by atoms with Gasteiger partial charge in [0.1, 0.15) is 5.75 Å². The Balaban J connectivity index is 2.86. The van der Waals surface area contributed by atoms with Gasteiger partial charge >= 0.3 is 0 Å². The van der Waals surface area contributed by atoms with Gasteiger partial charge in [-0.15, -0.1) is 0 Å². The van der Waals surface area contributed by atoms with Gasteiger partial charge in [0.05, 0.1) is 17.6 Å². The molecule has 0 aliphatic carbocycles. The molecule has 1 aromatic carbocycles. The third-order valence-electron chi connectivity index (χ3n) is 2.92. The van der Waals surface area contributed by atoms with Crippen molar-refractivity contribution in [2.45, 2.75) is 19.8 Å². The number of hydrogen-bond donors (Lipinski definition) is 1. The summed E-state index contributed by atoms with van der Waals surface area (Å²) in [4.78, 5) is 12.6. The summed E-state index contributed by atoms with van der Waals surface area (Å²) in [7, 11) is 3.84. The molecule has 112 valence electrons. The van der Waals surface area contributed by atoms with Crippen LogP contribution in [0.3, 0.4) is 0 Å². The number of nitro benzene ring substituents is 1. The molecule has 0 aliphatic heterocycles. The van der Waals surface area contributed by atoms with E-state index >= 15 is 0 Å². The first kappa shape index (κ1) is 16.2. The number of anilines is 1. The topological polar surface area (TPSA) is 67.6 Å². The highest BCUT2D eigenvalue weighted by molar-refractivity contribution is 5.57. The van der Waals surface area contributed by atoms with E-state index in [1.165, 1.54) is 6.07 Å². The molecular formula is C14H23N3O3. The fourth-order valence-electron chi connectivity index (χ4n) is 1.82. The van der Waals surface area contributed by atoms with E-state index in [1.54, 1.807) is 6.07 Å². The molecule has 6 nitrogen and oxygen atoms in total. The van der Waals surface area contributed by atoms with Crippen molar-refractivity contribution >= 4 is 11.4 Å². The van der Waals surface area contributed by atoms with Crippen LogP contribution in [0.4, 0.5) is 11.4 Å². The fraction of sp³-hybridized carbons (Fsp3) is 0.571. The van der Waals surface area contributed by atoms with E-state index in [1.807, 2.05) is 32.0 Å². The molecule has 0 atom stereocenters. The first-order valence-corrected chi connectivity index (χ1v) is 6.86. The molecule has 0 fully saturated rings. The minimum Gasteiger partial charge on any atom is -0.493 e.